The highest BCUT2D eigenvalue weighted by molar-refractivity contribution is 5.97. The third-order valence-electron chi connectivity index (χ3n) is 3.59. The van der Waals surface area contributed by atoms with Crippen molar-refractivity contribution in [2.45, 2.75) is 20.4 Å². The Hall–Kier alpha value is -2.49. The molecule has 0 heterocycles. The fourth-order valence-corrected chi connectivity index (χ4v) is 2.31. The molecule has 4 nitrogen and oxygen atoms in total. The zero-order valence-corrected chi connectivity index (χ0v) is 13.4. The average molecular weight is 299 g/mol. The van der Waals surface area contributed by atoms with Gasteiger partial charge < -0.3 is 14.8 Å². The monoisotopic (exact) mass is 299 g/mol. The number of rotatable bonds is 5. The first-order chi connectivity index (χ1) is 10.5. The maximum atomic E-state index is 12.4. The summed E-state index contributed by atoms with van der Waals surface area (Å²) in [6.07, 6.45) is 0. The molecule has 2 rings (SSSR count). The quantitative estimate of drug-likeness (QED) is 0.922. The lowest BCUT2D eigenvalue weighted by atomic mass is 10.1. The minimum absolute atomic E-state index is 0.185. The predicted octanol–water partition coefficient (Wildman–Crippen LogP) is 3.25. The molecule has 2 aromatic carbocycles. The summed E-state index contributed by atoms with van der Waals surface area (Å²) in [4.78, 5) is 12.4. The smallest absolute Gasteiger partial charge is 0.255 e. The van der Waals surface area contributed by atoms with Gasteiger partial charge in [0.25, 0.3) is 5.91 Å². The summed E-state index contributed by atoms with van der Waals surface area (Å²) in [6.45, 7) is 4.57. The van der Waals surface area contributed by atoms with Crippen molar-refractivity contribution in [2.24, 2.45) is 0 Å². The molecule has 0 radical (unpaired) electrons. The Kier molecular flexibility index (Phi) is 5.04. The summed E-state index contributed by atoms with van der Waals surface area (Å²) in [5, 5.41) is 2.93. The Balaban J connectivity index is 2.15. The van der Waals surface area contributed by atoms with Gasteiger partial charge in [-0.2, -0.15) is 0 Å². The third kappa shape index (κ3) is 3.58. The highest BCUT2D eigenvalue weighted by Gasteiger charge is 2.13. The number of methoxy groups -OCH3 is 2. The van der Waals surface area contributed by atoms with Gasteiger partial charge in [0.1, 0.15) is 11.5 Å². The minimum atomic E-state index is -0.185. The van der Waals surface area contributed by atoms with Gasteiger partial charge in [0.2, 0.25) is 0 Å². The first-order valence-corrected chi connectivity index (χ1v) is 7.11. The molecule has 0 saturated heterocycles. The summed E-state index contributed by atoms with van der Waals surface area (Å²) >= 11 is 0. The number of aryl methyl sites for hydroxylation is 2. The van der Waals surface area contributed by atoms with Gasteiger partial charge in [0.05, 0.1) is 19.8 Å². The second-order valence-electron chi connectivity index (χ2n) is 5.18. The van der Waals surface area contributed by atoms with E-state index in [2.05, 4.69) is 18.3 Å². The van der Waals surface area contributed by atoms with Gasteiger partial charge in [-0.25, -0.2) is 0 Å². The van der Waals surface area contributed by atoms with Crippen LogP contribution in [-0.4, -0.2) is 20.1 Å². The van der Waals surface area contributed by atoms with Crippen LogP contribution in [0.5, 0.6) is 11.5 Å². The maximum absolute atomic E-state index is 12.4. The van der Waals surface area contributed by atoms with Crippen LogP contribution in [0, 0.1) is 13.8 Å². The van der Waals surface area contributed by atoms with Crippen LogP contribution in [0.15, 0.2) is 36.4 Å². The van der Waals surface area contributed by atoms with E-state index in [9.17, 15) is 4.79 Å². The molecule has 22 heavy (non-hydrogen) atoms. The van der Waals surface area contributed by atoms with Gasteiger partial charge in [0.15, 0.2) is 0 Å². The number of hydrogen-bond acceptors (Lipinski definition) is 3. The van der Waals surface area contributed by atoms with Crippen LogP contribution in [0.2, 0.25) is 0 Å². The van der Waals surface area contributed by atoms with E-state index in [0.29, 0.717) is 23.6 Å². The first-order valence-electron chi connectivity index (χ1n) is 7.11. The zero-order chi connectivity index (χ0) is 16.1. The largest absolute Gasteiger partial charge is 0.497 e. The van der Waals surface area contributed by atoms with Crippen molar-refractivity contribution in [1.82, 2.24) is 5.32 Å². The lowest BCUT2D eigenvalue weighted by Gasteiger charge is -2.12. The lowest BCUT2D eigenvalue weighted by Crippen LogP contribution is -2.23. The van der Waals surface area contributed by atoms with Crippen molar-refractivity contribution in [3.8, 4) is 11.5 Å². The van der Waals surface area contributed by atoms with Crippen LogP contribution >= 0.6 is 0 Å². The molecule has 0 spiro atoms. The topological polar surface area (TPSA) is 47.6 Å². The average Bonchev–Trinajstić information content (AvgIpc) is 2.53. The van der Waals surface area contributed by atoms with Crippen LogP contribution in [0.4, 0.5) is 0 Å². The van der Waals surface area contributed by atoms with Crippen LogP contribution in [-0.2, 0) is 6.54 Å². The van der Waals surface area contributed by atoms with Crippen LogP contribution in [0.1, 0.15) is 27.0 Å². The summed E-state index contributed by atoms with van der Waals surface area (Å²) in [5.74, 6) is 0.965. The number of amides is 1. The van der Waals surface area contributed by atoms with Crippen molar-refractivity contribution in [2.75, 3.05) is 14.2 Å². The maximum Gasteiger partial charge on any atom is 0.255 e. The first kappa shape index (κ1) is 15.9. The summed E-state index contributed by atoms with van der Waals surface area (Å²) in [6, 6.07) is 11.3. The van der Waals surface area contributed by atoms with Crippen LogP contribution < -0.4 is 14.8 Å². The van der Waals surface area contributed by atoms with E-state index in [1.54, 1.807) is 32.4 Å². The number of hydrogen-bond donors (Lipinski definition) is 1. The molecule has 0 unspecified atom stereocenters. The van der Waals surface area contributed by atoms with Crippen molar-refractivity contribution < 1.29 is 14.3 Å². The normalized spacial score (nSPS) is 10.2. The zero-order valence-electron chi connectivity index (χ0n) is 13.4. The van der Waals surface area contributed by atoms with E-state index in [0.717, 1.165) is 11.1 Å². The molecule has 1 N–H and O–H groups in total. The van der Waals surface area contributed by atoms with Gasteiger partial charge in [-0.3, -0.25) is 4.79 Å². The van der Waals surface area contributed by atoms with Crippen LogP contribution in [0.3, 0.4) is 0 Å². The highest BCUT2D eigenvalue weighted by atomic mass is 16.5. The number of ether oxygens (including phenoxy) is 2. The molecular formula is C18H21NO3. The standard InChI is InChI=1S/C18H21NO3/c1-12-5-6-14(13(2)9-12)11-19-18(20)16-10-15(21-3)7-8-17(16)22-4/h5-10H,11H2,1-4H3,(H,19,20). The molecule has 0 fully saturated rings. The number of carbonyl (C=O) groups excluding carboxylic acids is 1. The molecule has 2 aromatic rings. The van der Waals surface area contributed by atoms with Crippen molar-refractivity contribution >= 4 is 5.91 Å². The SMILES string of the molecule is COc1ccc(OC)c(C(=O)NCc2ccc(C)cc2C)c1. The van der Waals surface area contributed by atoms with Gasteiger partial charge >= 0.3 is 0 Å². The van der Waals surface area contributed by atoms with E-state index in [4.69, 9.17) is 9.47 Å². The van der Waals surface area contributed by atoms with E-state index in [1.165, 1.54) is 5.56 Å². The Labute approximate surface area is 131 Å². The van der Waals surface area contributed by atoms with Crippen LogP contribution in [0.25, 0.3) is 0 Å². The second-order valence-corrected chi connectivity index (χ2v) is 5.18. The van der Waals surface area contributed by atoms with E-state index in [1.807, 2.05) is 19.1 Å². The Morgan fingerprint density at radius 3 is 2.45 bits per heavy atom. The molecule has 116 valence electrons. The fraction of sp³-hybridized carbons (Fsp3) is 0.278. The molecule has 0 aliphatic rings. The molecule has 4 heteroatoms. The summed E-state index contributed by atoms with van der Waals surface area (Å²) in [5.41, 5.74) is 3.94. The Bertz CT molecular complexity index is 680. The number of benzene rings is 2. The van der Waals surface area contributed by atoms with Gasteiger partial charge in [0, 0.05) is 6.54 Å². The van der Waals surface area contributed by atoms with Crippen molar-refractivity contribution in [3.63, 3.8) is 0 Å². The Morgan fingerprint density at radius 2 is 1.82 bits per heavy atom. The van der Waals surface area contributed by atoms with Gasteiger partial charge in [-0.05, 0) is 43.2 Å². The molecule has 1 amide bonds. The van der Waals surface area contributed by atoms with Crippen molar-refractivity contribution in [3.05, 3.63) is 58.7 Å². The molecule has 0 bridgehead atoms. The lowest BCUT2D eigenvalue weighted by molar-refractivity contribution is 0.0947. The number of carbonyl (C=O) groups is 1. The molecule has 0 aromatic heterocycles. The molecular weight excluding hydrogens is 278 g/mol. The molecule has 0 aliphatic carbocycles. The highest BCUT2D eigenvalue weighted by Crippen LogP contribution is 2.24. The van der Waals surface area contributed by atoms with Gasteiger partial charge in [-0.15, -0.1) is 0 Å². The molecule has 0 saturated carbocycles. The molecule has 0 aliphatic heterocycles. The predicted molar refractivity (Wildman–Crippen MR) is 86.6 cm³/mol. The van der Waals surface area contributed by atoms with Crippen molar-refractivity contribution in [1.29, 1.82) is 0 Å². The summed E-state index contributed by atoms with van der Waals surface area (Å²) < 4.78 is 10.4. The second kappa shape index (κ2) is 6.98. The Morgan fingerprint density at radius 1 is 1.05 bits per heavy atom. The third-order valence-corrected chi connectivity index (χ3v) is 3.59. The van der Waals surface area contributed by atoms with Gasteiger partial charge in [-0.1, -0.05) is 23.8 Å². The number of nitrogens with one attached hydrogen (secondary N) is 1. The van der Waals surface area contributed by atoms with E-state index in [-0.39, 0.29) is 5.91 Å². The fourth-order valence-electron chi connectivity index (χ4n) is 2.31. The van der Waals surface area contributed by atoms with E-state index < -0.39 is 0 Å². The summed E-state index contributed by atoms with van der Waals surface area (Å²) in [7, 11) is 3.11. The molecule has 0 atom stereocenters. The minimum Gasteiger partial charge on any atom is -0.497 e. The van der Waals surface area contributed by atoms with E-state index >= 15 is 0 Å².